The van der Waals surface area contributed by atoms with Crippen LogP contribution in [0.4, 0.5) is 11.8 Å². The van der Waals surface area contributed by atoms with Gasteiger partial charge in [0.15, 0.2) is 0 Å². The molecule has 20 heavy (non-hydrogen) atoms. The molecular formula is C15H22N4S. The molecule has 0 bridgehead atoms. The number of nitrogens with zero attached hydrogens (tertiary/aromatic N) is 3. The van der Waals surface area contributed by atoms with Gasteiger partial charge in [-0.25, -0.2) is 4.98 Å². The number of anilines is 2. The first-order valence-electron chi connectivity index (χ1n) is 7.49. The summed E-state index contributed by atoms with van der Waals surface area (Å²) in [7, 11) is 1.88. The van der Waals surface area contributed by atoms with Gasteiger partial charge in [0.2, 0.25) is 5.95 Å². The summed E-state index contributed by atoms with van der Waals surface area (Å²) in [5, 5.41) is 6.39. The predicted octanol–water partition coefficient (Wildman–Crippen LogP) is 3.75. The van der Waals surface area contributed by atoms with Crippen LogP contribution in [0, 0.1) is 5.92 Å². The molecule has 0 aromatic carbocycles. The van der Waals surface area contributed by atoms with E-state index in [1.165, 1.54) is 31.1 Å². The molecule has 1 N–H and O–H groups in total. The zero-order valence-electron chi connectivity index (χ0n) is 12.2. The van der Waals surface area contributed by atoms with Crippen molar-refractivity contribution in [2.45, 2.75) is 32.6 Å². The number of rotatable bonds is 3. The number of nitrogens with one attached hydrogen (secondary N) is 1. The molecule has 2 aromatic heterocycles. The number of aromatic nitrogens is 2. The van der Waals surface area contributed by atoms with Gasteiger partial charge in [-0.15, -0.1) is 11.3 Å². The second-order valence-corrected chi connectivity index (χ2v) is 6.35. The Balaban J connectivity index is 1.94. The normalized spacial score (nSPS) is 20.1. The fourth-order valence-electron chi connectivity index (χ4n) is 2.98. The SMILES string of the molecule is CCC1CCCN(c2nc(NC)nc3sccc23)CC1. The van der Waals surface area contributed by atoms with Crippen molar-refractivity contribution < 1.29 is 0 Å². The molecular weight excluding hydrogens is 268 g/mol. The molecule has 5 heteroatoms. The highest BCUT2D eigenvalue weighted by atomic mass is 32.1. The molecule has 1 unspecified atom stereocenters. The third kappa shape index (κ3) is 2.59. The van der Waals surface area contributed by atoms with E-state index in [2.05, 4.69) is 33.6 Å². The molecule has 0 spiro atoms. The zero-order valence-corrected chi connectivity index (χ0v) is 13.0. The first kappa shape index (κ1) is 13.6. The van der Waals surface area contributed by atoms with Crippen LogP contribution in [0.1, 0.15) is 32.6 Å². The van der Waals surface area contributed by atoms with Gasteiger partial charge in [-0.2, -0.15) is 4.98 Å². The lowest BCUT2D eigenvalue weighted by Gasteiger charge is -2.22. The first-order chi connectivity index (χ1) is 9.81. The van der Waals surface area contributed by atoms with Gasteiger partial charge in [0.1, 0.15) is 10.6 Å². The fourth-order valence-corrected chi connectivity index (χ4v) is 3.74. The molecule has 1 aliphatic heterocycles. The Bertz CT molecular complexity index is 580. The van der Waals surface area contributed by atoms with Crippen LogP contribution >= 0.6 is 11.3 Å². The smallest absolute Gasteiger partial charge is 0.225 e. The van der Waals surface area contributed by atoms with Crippen LogP contribution in [0.25, 0.3) is 10.2 Å². The van der Waals surface area contributed by atoms with Crippen molar-refractivity contribution in [1.29, 1.82) is 0 Å². The largest absolute Gasteiger partial charge is 0.357 e. The van der Waals surface area contributed by atoms with E-state index < -0.39 is 0 Å². The quantitative estimate of drug-likeness (QED) is 0.934. The van der Waals surface area contributed by atoms with Crippen LogP contribution in [0.3, 0.4) is 0 Å². The zero-order chi connectivity index (χ0) is 13.9. The topological polar surface area (TPSA) is 41.1 Å². The maximum atomic E-state index is 4.72. The molecule has 108 valence electrons. The Morgan fingerprint density at radius 2 is 2.25 bits per heavy atom. The summed E-state index contributed by atoms with van der Waals surface area (Å²) < 4.78 is 0. The van der Waals surface area contributed by atoms with E-state index in [9.17, 15) is 0 Å². The van der Waals surface area contributed by atoms with E-state index in [1.807, 2.05) is 7.05 Å². The summed E-state index contributed by atoms with van der Waals surface area (Å²) in [6, 6.07) is 2.15. The fraction of sp³-hybridized carbons (Fsp3) is 0.600. The van der Waals surface area contributed by atoms with E-state index in [1.54, 1.807) is 11.3 Å². The first-order valence-corrected chi connectivity index (χ1v) is 8.37. The number of hydrogen-bond acceptors (Lipinski definition) is 5. The van der Waals surface area contributed by atoms with E-state index in [4.69, 9.17) is 4.98 Å². The maximum absolute atomic E-state index is 4.72. The summed E-state index contributed by atoms with van der Waals surface area (Å²) in [6.07, 6.45) is 5.20. The number of thiophene rings is 1. The summed E-state index contributed by atoms with van der Waals surface area (Å²) in [5.41, 5.74) is 0. The lowest BCUT2D eigenvalue weighted by atomic mass is 9.98. The summed E-state index contributed by atoms with van der Waals surface area (Å²) in [5.74, 6) is 2.71. The van der Waals surface area contributed by atoms with Crippen LogP contribution in [0.2, 0.25) is 0 Å². The van der Waals surface area contributed by atoms with Gasteiger partial charge < -0.3 is 10.2 Å². The van der Waals surface area contributed by atoms with E-state index in [-0.39, 0.29) is 0 Å². The molecule has 1 aliphatic rings. The van der Waals surface area contributed by atoms with E-state index >= 15 is 0 Å². The summed E-state index contributed by atoms with van der Waals surface area (Å²) >= 11 is 1.69. The van der Waals surface area contributed by atoms with Crippen LogP contribution in [0.5, 0.6) is 0 Å². The van der Waals surface area contributed by atoms with Crippen molar-refractivity contribution in [2.75, 3.05) is 30.4 Å². The van der Waals surface area contributed by atoms with Crippen molar-refractivity contribution in [3.05, 3.63) is 11.4 Å². The van der Waals surface area contributed by atoms with Gasteiger partial charge in [0, 0.05) is 20.1 Å². The van der Waals surface area contributed by atoms with Gasteiger partial charge in [-0.3, -0.25) is 0 Å². The van der Waals surface area contributed by atoms with Gasteiger partial charge in [0.05, 0.1) is 5.39 Å². The molecule has 4 nitrogen and oxygen atoms in total. The molecule has 3 heterocycles. The molecule has 1 fully saturated rings. The lowest BCUT2D eigenvalue weighted by Crippen LogP contribution is -2.25. The highest BCUT2D eigenvalue weighted by Gasteiger charge is 2.19. The summed E-state index contributed by atoms with van der Waals surface area (Å²) in [6.45, 7) is 4.53. The molecule has 3 rings (SSSR count). The monoisotopic (exact) mass is 290 g/mol. The molecule has 2 aromatic rings. The van der Waals surface area contributed by atoms with Crippen molar-refractivity contribution in [3.8, 4) is 0 Å². The van der Waals surface area contributed by atoms with Gasteiger partial charge >= 0.3 is 0 Å². The van der Waals surface area contributed by atoms with Gasteiger partial charge in [-0.05, 0) is 36.6 Å². The van der Waals surface area contributed by atoms with Crippen LogP contribution in [0.15, 0.2) is 11.4 Å². The highest BCUT2D eigenvalue weighted by molar-refractivity contribution is 7.16. The average Bonchev–Trinajstić information content (AvgIpc) is 2.82. The summed E-state index contributed by atoms with van der Waals surface area (Å²) in [4.78, 5) is 12.8. The third-order valence-corrected chi connectivity index (χ3v) is 5.06. The van der Waals surface area contributed by atoms with Gasteiger partial charge in [0.25, 0.3) is 0 Å². The minimum absolute atomic E-state index is 0.728. The van der Waals surface area contributed by atoms with Crippen LogP contribution in [-0.2, 0) is 0 Å². The van der Waals surface area contributed by atoms with Crippen LogP contribution < -0.4 is 10.2 Å². The van der Waals surface area contributed by atoms with Gasteiger partial charge in [-0.1, -0.05) is 13.3 Å². The second kappa shape index (κ2) is 5.95. The Hall–Kier alpha value is -1.36. The molecule has 0 radical (unpaired) electrons. The van der Waals surface area contributed by atoms with Crippen molar-refractivity contribution in [1.82, 2.24) is 9.97 Å². The predicted molar refractivity (Wildman–Crippen MR) is 86.8 cm³/mol. The van der Waals surface area contributed by atoms with Crippen molar-refractivity contribution in [2.24, 2.45) is 5.92 Å². The molecule has 0 amide bonds. The molecule has 0 aliphatic carbocycles. The molecule has 1 atom stereocenters. The van der Waals surface area contributed by atoms with Crippen molar-refractivity contribution >= 4 is 33.3 Å². The minimum atomic E-state index is 0.728. The Labute approximate surface area is 124 Å². The molecule has 1 saturated heterocycles. The highest BCUT2D eigenvalue weighted by Crippen LogP contribution is 2.31. The number of fused-ring (bicyclic) bond motifs is 1. The molecule has 0 saturated carbocycles. The third-order valence-electron chi connectivity index (χ3n) is 4.25. The average molecular weight is 290 g/mol. The van der Waals surface area contributed by atoms with Crippen LogP contribution in [-0.4, -0.2) is 30.1 Å². The minimum Gasteiger partial charge on any atom is -0.357 e. The number of hydrogen-bond donors (Lipinski definition) is 1. The maximum Gasteiger partial charge on any atom is 0.225 e. The second-order valence-electron chi connectivity index (χ2n) is 5.45. The van der Waals surface area contributed by atoms with Crippen molar-refractivity contribution in [3.63, 3.8) is 0 Å². The van der Waals surface area contributed by atoms with E-state index in [0.717, 1.165) is 35.6 Å². The van der Waals surface area contributed by atoms with E-state index in [0.29, 0.717) is 0 Å². The Kier molecular flexibility index (Phi) is 4.05. The standard InChI is InChI=1S/C15H22N4S/c1-3-11-5-4-8-19(9-6-11)13-12-7-10-20-14(12)18-15(16-2)17-13/h7,10-11H,3-6,8-9H2,1-2H3,(H,16,17,18). The lowest BCUT2D eigenvalue weighted by molar-refractivity contribution is 0.459. The Morgan fingerprint density at radius 1 is 1.35 bits per heavy atom. The Morgan fingerprint density at radius 3 is 3.05 bits per heavy atom.